The van der Waals surface area contributed by atoms with Gasteiger partial charge < -0.3 is 36.9 Å². The van der Waals surface area contributed by atoms with Crippen molar-refractivity contribution in [3.63, 3.8) is 0 Å². The molecule has 13 heteroatoms. The number of carbonyl (C=O) groups excluding carboxylic acids is 3. The predicted molar refractivity (Wildman–Crippen MR) is 151 cm³/mol. The Morgan fingerprint density at radius 1 is 0.947 bits per heavy atom. The number of hydrogen-bond donors (Lipinski definition) is 7. The number of nitrogens with two attached hydrogens (primary N) is 1. The number of benzene rings is 1. The van der Waals surface area contributed by atoms with Crippen molar-refractivity contribution < 1.29 is 29.4 Å². The van der Waals surface area contributed by atoms with E-state index >= 15 is 0 Å². The minimum Gasteiger partial charge on any atom is -0.480 e. The number of amides is 3. The molecule has 5 unspecified atom stereocenters. The van der Waals surface area contributed by atoms with E-state index in [2.05, 4.69) is 20.9 Å². The first-order valence-corrected chi connectivity index (χ1v) is 15.0. The molecule has 2 rings (SSSR count). The van der Waals surface area contributed by atoms with Gasteiger partial charge in [-0.2, -0.15) is 23.5 Å². The van der Waals surface area contributed by atoms with Crippen LogP contribution in [0.3, 0.4) is 0 Å². The number of fused-ring (bicyclic) bond motifs is 1. The molecular formula is C25H37N5O6S2. The summed E-state index contributed by atoms with van der Waals surface area (Å²) in [5.74, 6) is -2.04. The minimum absolute atomic E-state index is 0.138. The van der Waals surface area contributed by atoms with Gasteiger partial charge in [-0.1, -0.05) is 18.2 Å². The summed E-state index contributed by atoms with van der Waals surface area (Å²) in [5, 5.41) is 27.7. The number of thioether (sulfide) groups is 2. The standard InChI is InChI=1S/C25H37N5O6S2/c1-14(31)21(25(35)36)30-23(33)19(9-11-38-3)28-24(34)20(29-22(32)17(26)8-10-37-2)12-15-13-27-18-7-5-4-6-16(15)18/h4-7,13-14,17,19-21,27,31H,8-12,26H2,1-3H3,(H,28,34)(H,29,32)(H,30,33)(H,35,36). The number of aliphatic hydroxyl groups excluding tert-OH is 1. The smallest absolute Gasteiger partial charge is 0.328 e. The van der Waals surface area contributed by atoms with Gasteiger partial charge in [-0.25, -0.2) is 4.79 Å². The summed E-state index contributed by atoms with van der Waals surface area (Å²) < 4.78 is 0. The van der Waals surface area contributed by atoms with E-state index in [4.69, 9.17) is 5.73 Å². The van der Waals surface area contributed by atoms with E-state index in [1.54, 1.807) is 18.0 Å². The van der Waals surface area contributed by atoms with E-state index in [-0.39, 0.29) is 12.8 Å². The monoisotopic (exact) mass is 567 g/mol. The molecule has 0 aliphatic rings. The lowest BCUT2D eigenvalue weighted by atomic mass is 10.0. The summed E-state index contributed by atoms with van der Waals surface area (Å²) in [6.07, 6.45) is 4.95. The summed E-state index contributed by atoms with van der Waals surface area (Å²) in [6, 6.07) is 3.09. The number of para-hydroxylation sites is 1. The number of hydrogen-bond acceptors (Lipinski definition) is 8. The highest BCUT2D eigenvalue weighted by Gasteiger charge is 2.32. The highest BCUT2D eigenvalue weighted by atomic mass is 32.2. The first-order valence-electron chi connectivity index (χ1n) is 12.2. The van der Waals surface area contributed by atoms with Crippen LogP contribution in [0.2, 0.25) is 0 Å². The maximum absolute atomic E-state index is 13.5. The molecule has 38 heavy (non-hydrogen) atoms. The van der Waals surface area contributed by atoms with Crippen molar-refractivity contribution in [1.29, 1.82) is 0 Å². The van der Waals surface area contributed by atoms with Crippen molar-refractivity contribution in [1.82, 2.24) is 20.9 Å². The third-order valence-electron chi connectivity index (χ3n) is 5.99. The number of aromatic amines is 1. The largest absolute Gasteiger partial charge is 0.480 e. The topological polar surface area (TPSA) is 187 Å². The fraction of sp³-hybridized carbons (Fsp3) is 0.520. The molecule has 0 radical (unpaired) electrons. The molecule has 0 aliphatic carbocycles. The van der Waals surface area contributed by atoms with Crippen LogP contribution in [0.5, 0.6) is 0 Å². The second-order valence-corrected chi connectivity index (χ2v) is 10.9. The zero-order valence-electron chi connectivity index (χ0n) is 21.7. The summed E-state index contributed by atoms with van der Waals surface area (Å²) in [4.78, 5) is 53.9. The second-order valence-electron chi connectivity index (χ2n) is 8.92. The van der Waals surface area contributed by atoms with Crippen LogP contribution < -0.4 is 21.7 Å². The van der Waals surface area contributed by atoms with Gasteiger partial charge in [-0.3, -0.25) is 14.4 Å². The van der Waals surface area contributed by atoms with Crippen LogP contribution in [0.1, 0.15) is 25.3 Å². The molecule has 0 spiro atoms. The van der Waals surface area contributed by atoms with Crippen molar-refractivity contribution in [3.05, 3.63) is 36.0 Å². The molecule has 2 aromatic rings. The van der Waals surface area contributed by atoms with Gasteiger partial charge in [-0.15, -0.1) is 0 Å². The molecule has 1 heterocycles. The van der Waals surface area contributed by atoms with Crippen molar-refractivity contribution in [2.45, 2.75) is 56.5 Å². The third kappa shape index (κ3) is 9.22. The second kappa shape index (κ2) is 15.6. The lowest BCUT2D eigenvalue weighted by Gasteiger charge is -2.25. The van der Waals surface area contributed by atoms with Crippen LogP contribution in [0.4, 0.5) is 0 Å². The van der Waals surface area contributed by atoms with Gasteiger partial charge in [0, 0.05) is 23.5 Å². The Balaban J connectivity index is 2.28. The number of carbonyl (C=O) groups is 4. The zero-order chi connectivity index (χ0) is 28.2. The molecule has 5 atom stereocenters. The molecule has 1 aromatic carbocycles. The number of aliphatic hydroxyl groups is 1. The SMILES string of the molecule is CSCCC(N)C(=O)NC(Cc1c[nH]c2ccccc12)C(=O)NC(CCSC)C(=O)NC(C(=O)O)C(C)O. The van der Waals surface area contributed by atoms with Gasteiger partial charge in [0.15, 0.2) is 6.04 Å². The van der Waals surface area contributed by atoms with E-state index in [0.717, 1.165) is 16.5 Å². The highest BCUT2D eigenvalue weighted by Crippen LogP contribution is 2.19. The molecule has 0 saturated heterocycles. The Kier molecular flexibility index (Phi) is 12.9. The molecule has 210 valence electrons. The maximum atomic E-state index is 13.5. The molecule has 0 fully saturated rings. The quantitative estimate of drug-likeness (QED) is 0.151. The van der Waals surface area contributed by atoms with Gasteiger partial charge in [0.05, 0.1) is 12.1 Å². The van der Waals surface area contributed by atoms with Crippen LogP contribution in [0, 0.1) is 0 Å². The third-order valence-corrected chi connectivity index (χ3v) is 7.28. The zero-order valence-corrected chi connectivity index (χ0v) is 23.4. The van der Waals surface area contributed by atoms with Crippen molar-refractivity contribution in [2.24, 2.45) is 5.73 Å². The summed E-state index contributed by atoms with van der Waals surface area (Å²) in [7, 11) is 0. The minimum atomic E-state index is -1.53. The van der Waals surface area contributed by atoms with Crippen molar-refractivity contribution in [2.75, 3.05) is 24.0 Å². The predicted octanol–water partition coefficient (Wildman–Crippen LogP) is 0.464. The fourth-order valence-electron chi connectivity index (χ4n) is 3.80. The molecule has 3 amide bonds. The summed E-state index contributed by atoms with van der Waals surface area (Å²) in [6.45, 7) is 1.25. The number of carboxylic acids is 1. The van der Waals surface area contributed by atoms with E-state index < -0.39 is 54.0 Å². The number of carboxylic acid groups (broad SMARTS) is 1. The van der Waals surface area contributed by atoms with Crippen molar-refractivity contribution >= 4 is 58.1 Å². The maximum Gasteiger partial charge on any atom is 0.328 e. The van der Waals surface area contributed by atoms with Gasteiger partial charge in [-0.05, 0) is 55.4 Å². The molecular weight excluding hydrogens is 530 g/mol. The van der Waals surface area contributed by atoms with Gasteiger partial charge in [0.1, 0.15) is 12.1 Å². The van der Waals surface area contributed by atoms with Gasteiger partial charge >= 0.3 is 5.97 Å². The van der Waals surface area contributed by atoms with E-state index in [1.165, 1.54) is 18.7 Å². The van der Waals surface area contributed by atoms with Crippen LogP contribution in [-0.4, -0.2) is 93.2 Å². The van der Waals surface area contributed by atoms with Crippen molar-refractivity contribution in [3.8, 4) is 0 Å². The Morgan fingerprint density at radius 2 is 1.55 bits per heavy atom. The Hall–Kier alpha value is -2.74. The fourth-order valence-corrected chi connectivity index (χ4v) is 4.76. The normalized spacial score (nSPS) is 15.2. The number of H-pyrrole nitrogens is 1. The molecule has 1 aromatic heterocycles. The van der Waals surface area contributed by atoms with E-state index in [1.807, 2.05) is 36.8 Å². The van der Waals surface area contributed by atoms with Gasteiger partial charge in [0.2, 0.25) is 17.7 Å². The number of nitrogens with one attached hydrogen (secondary N) is 4. The molecule has 11 nitrogen and oxygen atoms in total. The first-order chi connectivity index (χ1) is 18.1. The number of aromatic nitrogens is 1. The average molecular weight is 568 g/mol. The van der Waals surface area contributed by atoms with E-state index in [9.17, 15) is 29.4 Å². The number of aliphatic carboxylic acids is 1. The Bertz CT molecular complexity index is 1100. The lowest BCUT2D eigenvalue weighted by Crippen LogP contribution is -2.58. The Morgan fingerprint density at radius 3 is 2.18 bits per heavy atom. The Labute approximate surface area is 230 Å². The lowest BCUT2D eigenvalue weighted by molar-refractivity contribution is -0.145. The summed E-state index contributed by atoms with van der Waals surface area (Å²) >= 11 is 3.01. The summed E-state index contributed by atoms with van der Waals surface area (Å²) in [5.41, 5.74) is 7.70. The molecule has 0 aliphatic heterocycles. The number of rotatable bonds is 16. The molecule has 0 bridgehead atoms. The molecule has 0 saturated carbocycles. The highest BCUT2D eigenvalue weighted by molar-refractivity contribution is 7.98. The molecule has 8 N–H and O–H groups in total. The average Bonchev–Trinajstić information content (AvgIpc) is 3.29. The first kappa shape index (κ1) is 31.5. The van der Waals surface area contributed by atoms with Crippen LogP contribution in [-0.2, 0) is 25.6 Å². The van der Waals surface area contributed by atoms with E-state index in [0.29, 0.717) is 17.9 Å². The van der Waals surface area contributed by atoms with Crippen LogP contribution in [0.25, 0.3) is 10.9 Å². The van der Waals surface area contributed by atoms with Crippen LogP contribution >= 0.6 is 23.5 Å². The van der Waals surface area contributed by atoms with Crippen LogP contribution in [0.15, 0.2) is 30.5 Å². The van der Waals surface area contributed by atoms with Gasteiger partial charge in [0.25, 0.3) is 0 Å².